The maximum absolute atomic E-state index is 10.4. The highest BCUT2D eigenvalue weighted by molar-refractivity contribution is 4.27. The molecule has 0 radical (unpaired) electrons. The minimum absolute atomic E-state index is 0.0972. The molecule has 0 aliphatic rings. The van der Waals surface area contributed by atoms with Crippen LogP contribution in [0.1, 0.15) is 13.8 Å². The molecule has 0 bridgehead atoms. The zero-order chi connectivity index (χ0) is 5.86. The Morgan fingerprint density at radius 3 is 2.00 bits per heavy atom. The van der Waals surface area contributed by atoms with Gasteiger partial charge in [-0.2, -0.15) is 5.43 Å². The zero-order valence-electron chi connectivity index (χ0n) is 4.99. The molecule has 1 unspecified atom stereocenters. The summed E-state index contributed by atoms with van der Waals surface area (Å²) in [6.45, 7) is 3.72. The first kappa shape index (κ1) is 6.88. The molecule has 1 atom stereocenters. The van der Waals surface area contributed by atoms with Crippen molar-refractivity contribution >= 4 is 0 Å². The van der Waals surface area contributed by atoms with Crippen molar-refractivity contribution in [3.05, 3.63) is 5.21 Å². The third kappa shape index (κ3) is 2.56. The van der Waals surface area contributed by atoms with Crippen molar-refractivity contribution in [2.75, 3.05) is 7.05 Å². The largest absolute Gasteiger partial charge is 0.613 e. The first-order valence-corrected chi connectivity index (χ1v) is 2.40. The number of nitrogens with one attached hydrogen (secondary N) is 2. The molecular formula is C4H12N2O. The van der Waals surface area contributed by atoms with Gasteiger partial charge in [0.1, 0.15) is 0 Å². The van der Waals surface area contributed by atoms with Crippen molar-refractivity contribution in [1.29, 1.82) is 0 Å². The van der Waals surface area contributed by atoms with E-state index in [4.69, 9.17) is 0 Å². The van der Waals surface area contributed by atoms with E-state index in [1.54, 1.807) is 7.05 Å². The van der Waals surface area contributed by atoms with Gasteiger partial charge in [-0.05, 0) is 13.8 Å². The Kier molecular flexibility index (Phi) is 2.91. The van der Waals surface area contributed by atoms with E-state index in [9.17, 15) is 5.21 Å². The van der Waals surface area contributed by atoms with Gasteiger partial charge >= 0.3 is 0 Å². The molecule has 0 aromatic carbocycles. The number of quaternary nitrogens is 1. The first-order valence-electron chi connectivity index (χ1n) is 2.40. The van der Waals surface area contributed by atoms with Gasteiger partial charge in [-0.25, -0.2) is 0 Å². The van der Waals surface area contributed by atoms with Gasteiger partial charge in [-0.3, -0.25) is 5.17 Å². The number of hydrogen-bond acceptors (Lipinski definition) is 2. The van der Waals surface area contributed by atoms with Crippen molar-refractivity contribution in [2.24, 2.45) is 0 Å². The average Bonchev–Trinajstić information content (AvgIpc) is 1.65. The van der Waals surface area contributed by atoms with Gasteiger partial charge in [0.15, 0.2) is 0 Å². The molecule has 0 aliphatic carbocycles. The predicted molar refractivity (Wildman–Crippen MR) is 28.5 cm³/mol. The molecule has 0 heterocycles. The lowest BCUT2D eigenvalue weighted by Crippen LogP contribution is -3.16. The summed E-state index contributed by atoms with van der Waals surface area (Å²) in [4.78, 5) is 0. The van der Waals surface area contributed by atoms with Crippen LogP contribution in [-0.4, -0.2) is 13.1 Å². The van der Waals surface area contributed by atoms with Crippen LogP contribution < -0.4 is 10.6 Å². The summed E-state index contributed by atoms with van der Waals surface area (Å²) in [6, 6.07) is 0.116. The molecule has 44 valence electrons. The molecule has 2 N–H and O–H groups in total. The Morgan fingerprint density at radius 1 is 1.57 bits per heavy atom. The predicted octanol–water partition coefficient (Wildman–Crippen LogP) is -1.09. The van der Waals surface area contributed by atoms with Crippen LogP contribution in [0.4, 0.5) is 0 Å². The molecule has 0 aliphatic heterocycles. The van der Waals surface area contributed by atoms with Crippen molar-refractivity contribution in [3.8, 4) is 0 Å². The fourth-order valence-electron chi connectivity index (χ4n) is 0.289. The van der Waals surface area contributed by atoms with E-state index in [0.29, 0.717) is 0 Å². The molecule has 3 heteroatoms. The highest BCUT2D eigenvalue weighted by Gasteiger charge is 1.95. The summed E-state index contributed by atoms with van der Waals surface area (Å²) in [5.74, 6) is 0. The number of rotatable bonds is 2. The molecular weight excluding hydrogens is 92.1 g/mol. The smallest absolute Gasteiger partial charge is 0.0989 e. The van der Waals surface area contributed by atoms with E-state index in [1.807, 2.05) is 13.8 Å². The van der Waals surface area contributed by atoms with Crippen LogP contribution in [0, 0.1) is 5.21 Å². The summed E-state index contributed by atoms with van der Waals surface area (Å²) >= 11 is 0. The SMILES string of the molecule is CN[NH+]([O-])C(C)C. The van der Waals surface area contributed by atoms with Crippen LogP contribution in [0.3, 0.4) is 0 Å². The minimum atomic E-state index is 0.0972. The van der Waals surface area contributed by atoms with Crippen molar-refractivity contribution in [2.45, 2.75) is 19.9 Å². The number of hydrogen-bond donors (Lipinski definition) is 2. The number of hydroxylamine groups is 1. The molecule has 0 saturated carbocycles. The normalized spacial score (nSPS) is 15.0. The Labute approximate surface area is 43.9 Å². The Morgan fingerprint density at radius 2 is 2.00 bits per heavy atom. The van der Waals surface area contributed by atoms with Gasteiger partial charge in [-0.1, -0.05) is 0 Å². The highest BCUT2D eigenvalue weighted by atomic mass is 16.5. The maximum Gasteiger partial charge on any atom is 0.0989 e. The van der Waals surface area contributed by atoms with Crippen molar-refractivity contribution < 1.29 is 5.17 Å². The van der Waals surface area contributed by atoms with Gasteiger partial charge in [0, 0.05) is 7.05 Å². The second kappa shape index (κ2) is 2.96. The first-order chi connectivity index (χ1) is 3.18. The van der Waals surface area contributed by atoms with E-state index in [2.05, 4.69) is 5.43 Å². The summed E-state index contributed by atoms with van der Waals surface area (Å²) in [5, 5.41) is 10.5. The summed E-state index contributed by atoms with van der Waals surface area (Å²) in [6.07, 6.45) is 0. The van der Waals surface area contributed by atoms with Crippen LogP contribution in [0.15, 0.2) is 0 Å². The van der Waals surface area contributed by atoms with Crippen LogP contribution in [0.5, 0.6) is 0 Å². The van der Waals surface area contributed by atoms with Crippen LogP contribution >= 0.6 is 0 Å². The Balaban J connectivity index is 3.14. The lowest BCUT2D eigenvalue weighted by atomic mass is 10.4. The van der Waals surface area contributed by atoms with E-state index >= 15 is 0 Å². The van der Waals surface area contributed by atoms with Gasteiger partial charge in [0.25, 0.3) is 0 Å². The molecule has 0 aromatic heterocycles. The molecule has 3 nitrogen and oxygen atoms in total. The molecule has 0 aromatic rings. The molecule has 0 saturated heterocycles. The summed E-state index contributed by atoms with van der Waals surface area (Å²) in [7, 11) is 1.64. The average molecular weight is 104 g/mol. The van der Waals surface area contributed by atoms with Gasteiger partial charge in [-0.15, -0.1) is 0 Å². The zero-order valence-corrected chi connectivity index (χ0v) is 4.99. The highest BCUT2D eigenvalue weighted by Crippen LogP contribution is 1.60. The van der Waals surface area contributed by atoms with Crippen LogP contribution in [-0.2, 0) is 0 Å². The third-order valence-electron chi connectivity index (χ3n) is 0.771. The maximum atomic E-state index is 10.4. The Bertz CT molecular complexity index is 47.0. The van der Waals surface area contributed by atoms with Crippen molar-refractivity contribution in [1.82, 2.24) is 5.43 Å². The summed E-state index contributed by atoms with van der Waals surface area (Å²) < 4.78 is 0. The van der Waals surface area contributed by atoms with E-state index in [0.717, 1.165) is 0 Å². The Hall–Kier alpha value is -0.120. The summed E-state index contributed by atoms with van der Waals surface area (Å²) in [5.41, 5.74) is 2.53. The standard InChI is InChI=1S/C4H12N2O/c1-4(2)6(7)5-3/h4-6H,1-3H3. The molecule has 0 amide bonds. The van der Waals surface area contributed by atoms with Crippen LogP contribution in [0.2, 0.25) is 0 Å². The van der Waals surface area contributed by atoms with Gasteiger partial charge in [0.05, 0.1) is 6.04 Å². The molecule has 0 fully saturated rings. The topological polar surface area (TPSA) is 39.5 Å². The van der Waals surface area contributed by atoms with Gasteiger partial charge in [0.2, 0.25) is 0 Å². The fourth-order valence-corrected chi connectivity index (χ4v) is 0.289. The second-order valence-corrected chi connectivity index (χ2v) is 1.77. The molecule has 7 heavy (non-hydrogen) atoms. The monoisotopic (exact) mass is 104 g/mol. The third-order valence-corrected chi connectivity index (χ3v) is 0.771. The van der Waals surface area contributed by atoms with Gasteiger partial charge < -0.3 is 5.21 Å². The fraction of sp³-hybridized carbons (Fsp3) is 1.00. The lowest BCUT2D eigenvalue weighted by molar-refractivity contribution is -0.915. The minimum Gasteiger partial charge on any atom is -0.613 e. The lowest BCUT2D eigenvalue weighted by Gasteiger charge is -2.23. The van der Waals surface area contributed by atoms with Crippen molar-refractivity contribution in [3.63, 3.8) is 0 Å². The van der Waals surface area contributed by atoms with Crippen LogP contribution in [0.25, 0.3) is 0 Å². The second-order valence-electron chi connectivity index (χ2n) is 1.77. The van der Waals surface area contributed by atoms with E-state index in [-0.39, 0.29) is 11.2 Å². The quantitative estimate of drug-likeness (QED) is 0.437. The van der Waals surface area contributed by atoms with E-state index < -0.39 is 0 Å². The van der Waals surface area contributed by atoms with E-state index in [1.165, 1.54) is 0 Å². The molecule has 0 spiro atoms. The molecule has 0 rings (SSSR count).